The van der Waals surface area contributed by atoms with Crippen molar-refractivity contribution in [2.75, 3.05) is 12.3 Å². The minimum Gasteiger partial charge on any atom is -0.356 e. The molecule has 0 bridgehead atoms. The minimum absolute atomic E-state index is 0.275. The predicted molar refractivity (Wildman–Crippen MR) is 76.8 cm³/mol. The standard InChI is InChI=1S/C15H21NOS/c17-15(13-7-4-5-8-13)16-11-6-12-18-14-9-2-1-3-10-14/h1-3,9-10,13H,4-8,11-12H2,(H,16,17). The van der Waals surface area contributed by atoms with Crippen molar-refractivity contribution in [3.8, 4) is 0 Å². The van der Waals surface area contributed by atoms with E-state index in [-0.39, 0.29) is 5.91 Å². The van der Waals surface area contributed by atoms with Crippen LogP contribution < -0.4 is 5.32 Å². The monoisotopic (exact) mass is 263 g/mol. The molecule has 0 aromatic heterocycles. The molecule has 0 heterocycles. The molecule has 0 spiro atoms. The molecule has 2 nitrogen and oxygen atoms in total. The molecule has 1 amide bonds. The Balaban J connectivity index is 1.54. The van der Waals surface area contributed by atoms with Crippen LogP contribution >= 0.6 is 11.8 Å². The molecule has 98 valence electrons. The summed E-state index contributed by atoms with van der Waals surface area (Å²) in [5.74, 6) is 1.64. The second kappa shape index (κ2) is 7.47. The van der Waals surface area contributed by atoms with E-state index >= 15 is 0 Å². The van der Waals surface area contributed by atoms with E-state index in [2.05, 4.69) is 29.6 Å². The molecule has 0 radical (unpaired) electrons. The third-order valence-corrected chi connectivity index (χ3v) is 4.46. The summed E-state index contributed by atoms with van der Waals surface area (Å²) in [5.41, 5.74) is 0. The van der Waals surface area contributed by atoms with Crippen LogP contribution in [-0.2, 0) is 4.79 Å². The summed E-state index contributed by atoms with van der Waals surface area (Å²) < 4.78 is 0. The maximum atomic E-state index is 11.8. The SMILES string of the molecule is O=C(NCCCSc1ccccc1)C1CCCC1. The number of benzene rings is 1. The van der Waals surface area contributed by atoms with Crippen molar-refractivity contribution in [2.45, 2.75) is 37.0 Å². The highest BCUT2D eigenvalue weighted by Gasteiger charge is 2.21. The van der Waals surface area contributed by atoms with Gasteiger partial charge in [-0.25, -0.2) is 0 Å². The Morgan fingerprint density at radius 3 is 2.67 bits per heavy atom. The van der Waals surface area contributed by atoms with Gasteiger partial charge in [-0.2, -0.15) is 0 Å². The number of hydrogen-bond donors (Lipinski definition) is 1. The van der Waals surface area contributed by atoms with E-state index in [0.29, 0.717) is 5.92 Å². The quantitative estimate of drug-likeness (QED) is 0.629. The molecule has 0 atom stereocenters. The Morgan fingerprint density at radius 2 is 1.94 bits per heavy atom. The molecule has 1 fully saturated rings. The first-order valence-electron chi connectivity index (χ1n) is 6.82. The van der Waals surface area contributed by atoms with Gasteiger partial charge in [-0.3, -0.25) is 4.79 Å². The Labute approximate surface area is 114 Å². The van der Waals surface area contributed by atoms with Gasteiger partial charge in [-0.1, -0.05) is 31.0 Å². The van der Waals surface area contributed by atoms with E-state index in [0.717, 1.165) is 31.6 Å². The van der Waals surface area contributed by atoms with Gasteiger partial charge in [0, 0.05) is 17.4 Å². The van der Waals surface area contributed by atoms with Crippen molar-refractivity contribution in [2.24, 2.45) is 5.92 Å². The van der Waals surface area contributed by atoms with Gasteiger partial charge in [0.2, 0.25) is 5.91 Å². The normalized spacial score (nSPS) is 15.8. The van der Waals surface area contributed by atoms with Crippen molar-refractivity contribution in [1.82, 2.24) is 5.32 Å². The van der Waals surface area contributed by atoms with Gasteiger partial charge in [-0.05, 0) is 37.1 Å². The van der Waals surface area contributed by atoms with Gasteiger partial charge in [0.05, 0.1) is 0 Å². The highest BCUT2D eigenvalue weighted by Crippen LogP contribution is 2.24. The van der Waals surface area contributed by atoms with Crippen LogP contribution in [0.15, 0.2) is 35.2 Å². The van der Waals surface area contributed by atoms with Gasteiger partial charge in [0.15, 0.2) is 0 Å². The summed E-state index contributed by atoms with van der Waals surface area (Å²) in [6.07, 6.45) is 5.66. The first-order chi connectivity index (χ1) is 8.86. The summed E-state index contributed by atoms with van der Waals surface area (Å²) >= 11 is 1.85. The fourth-order valence-corrected chi connectivity index (χ4v) is 3.20. The zero-order chi connectivity index (χ0) is 12.6. The van der Waals surface area contributed by atoms with Crippen LogP contribution in [-0.4, -0.2) is 18.2 Å². The molecule has 0 aliphatic heterocycles. The highest BCUT2D eigenvalue weighted by molar-refractivity contribution is 7.99. The molecule has 18 heavy (non-hydrogen) atoms. The van der Waals surface area contributed by atoms with Crippen LogP contribution in [0.25, 0.3) is 0 Å². The second-order valence-corrected chi connectivity index (χ2v) is 5.96. The maximum absolute atomic E-state index is 11.8. The fourth-order valence-electron chi connectivity index (χ4n) is 2.32. The largest absolute Gasteiger partial charge is 0.356 e. The van der Waals surface area contributed by atoms with Crippen LogP contribution in [0.4, 0.5) is 0 Å². The average molecular weight is 263 g/mol. The molecule has 1 saturated carbocycles. The third-order valence-electron chi connectivity index (χ3n) is 3.36. The lowest BCUT2D eigenvalue weighted by Gasteiger charge is -2.09. The molecule has 1 aromatic carbocycles. The summed E-state index contributed by atoms with van der Waals surface area (Å²) in [7, 11) is 0. The van der Waals surface area contributed by atoms with Gasteiger partial charge >= 0.3 is 0 Å². The number of amides is 1. The van der Waals surface area contributed by atoms with Crippen molar-refractivity contribution in [3.05, 3.63) is 30.3 Å². The number of nitrogens with one attached hydrogen (secondary N) is 1. The molecule has 1 aliphatic rings. The number of carbonyl (C=O) groups is 1. The predicted octanol–water partition coefficient (Wildman–Crippen LogP) is 3.48. The molecular formula is C15H21NOS. The van der Waals surface area contributed by atoms with E-state index in [1.807, 2.05) is 17.8 Å². The zero-order valence-corrected chi connectivity index (χ0v) is 11.5. The van der Waals surface area contributed by atoms with Crippen molar-refractivity contribution >= 4 is 17.7 Å². The third kappa shape index (κ3) is 4.37. The van der Waals surface area contributed by atoms with Crippen LogP contribution in [0.2, 0.25) is 0 Å². The Kier molecular flexibility index (Phi) is 5.59. The van der Waals surface area contributed by atoms with Crippen molar-refractivity contribution in [1.29, 1.82) is 0 Å². The lowest BCUT2D eigenvalue weighted by atomic mass is 10.1. The lowest BCUT2D eigenvalue weighted by molar-refractivity contribution is -0.124. The topological polar surface area (TPSA) is 29.1 Å². The first-order valence-corrected chi connectivity index (χ1v) is 7.80. The van der Waals surface area contributed by atoms with Crippen molar-refractivity contribution in [3.63, 3.8) is 0 Å². The Morgan fingerprint density at radius 1 is 1.22 bits per heavy atom. The minimum atomic E-state index is 0.275. The molecule has 3 heteroatoms. The second-order valence-electron chi connectivity index (χ2n) is 4.79. The van der Waals surface area contributed by atoms with E-state index in [9.17, 15) is 4.79 Å². The van der Waals surface area contributed by atoms with Gasteiger partial charge < -0.3 is 5.32 Å². The number of thioether (sulfide) groups is 1. The molecule has 2 rings (SSSR count). The van der Waals surface area contributed by atoms with E-state index < -0.39 is 0 Å². The Hall–Kier alpha value is -0.960. The zero-order valence-electron chi connectivity index (χ0n) is 10.7. The fraction of sp³-hybridized carbons (Fsp3) is 0.533. The van der Waals surface area contributed by atoms with Gasteiger partial charge in [-0.15, -0.1) is 11.8 Å². The lowest BCUT2D eigenvalue weighted by Crippen LogP contribution is -2.30. The van der Waals surface area contributed by atoms with Gasteiger partial charge in [0.1, 0.15) is 0 Å². The molecule has 0 saturated heterocycles. The molecule has 1 aliphatic carbocycles. The van der Waals surface area contributed by atoms with E-state index in [1.165, 1.54) is 17.7 Å². The van der Waals surface area contributed by atoms with Crippen LogP contribution in [0.3, 0.4) is 0 Å². The summed E-state index contributed by atoms with van der Waals surface area (Å²) in [5, 5.41) is 3.06. The molecule has 0 unspecified atom stereocenters. The maximum Gasteiger partial charge on any atom is 0.223 e. The molecule has 1 aromatic rings. The highest BCUT2D eigenvalue weighted by atomic mass is 32.2. The molecule has 1 N–H and O–H groups in total. The van der Waals surface area contributed by atoms with E-state index in [4.69, 9.17) is 0 Å². The number of rotatable bonds is 6. The number of hydrogen-bond acceptors (Lipinski definition) is 2. The summed E-state index contributed by atoms with van der Waals surface area (Å²) in [6, 6.07) is 10.4. The summed E-state index contributed by atoms with van der Waals surface area (Å²) in [4.78, 5) is 13.1. The van der Waals surface area contributed by atoms with E-state index in [1.54, 1.807) is 0 Å². The number of carbonyl (C=O) groups excluding carboxylic acids is 1. The summed E-state index contributed by atoms with van der Waals surface area (Å²) in [6.45, 7) is 0.815. The first kappa shape index (κ1) is 13.5. The van der Waals surface area contributed by atoms with Crippen LogP contribution in [0.1, 0.15) is 32.1 Å². The van der Waals surface area contributed by atoms with Crippen LogP contribution in [0.5, 0.6) is 0 Å². The average Bonchev–Trinajstić information content (AvgIpc) is 2.93. The molecular weight excluding hydrogens is 242 g/mol. The van der Waals surface area contributed by atoms with Gasteiger partial charge in [0.25, 0.3) is 0 Å². The van der Waals surface area contributed by atoms with Crippen molar-refractivity contribution < 1.29 is 4.79 Å². The smallest absolute Gasteiger partial charge is 0.223 e. The van der Waals surface area contributed by atoms with Crippen LogP contribution in [0, 0.1) is 5.92 Å². The Bertz CT molecular complexity index is 360.